The molecule has 0 aromatic heterocycles. The van der Waals surface area contributed by atoms with Crippen LogP contribution in [0.4, 0.5) is 4.79 Å². The van der Waals surface area contributed by atoms with Crippen molar-refractivity contribution in [3.05, 3.63) is 0 Å². The highest BCUT2D eigenvalue weighted by atomic mass is 16.5. The zero-order chi connectivity index (χ0) is 26.8. The van der Waals surface area contributed by atoms with Crippen molar-refractivity contribution in [3.63, 3.8) is 0 Å². The summed E-state index contributed by atoms with van der Waals surface area (Å²) in [5.41, 5.74) is -0.890. The van der Waals surface area contributed by atoms with Crippen LogP contribution < -0.4 is 10.6 Å². The number of guanidine groups is 1. The number of amides is 2. The average Bonchev–Trinajstić information content (AvgIpc) is 3.38. The monoisotopic (exact) mass is 530 g/mol. The first-order chi connectivity index (χ1) is 18.5. The third-order valence-corrected chi connectivity index (χ3v) is 8.66. The van der Waals surface area contributed by atoms with Crippen molar-refractivity contribution in [1.29, 1.82) is 5.26 Å². The molecule has 2 saturated heterocycles. The molecule has 212 valence electrons. The number of carbonyl (C=O) groups excluding carboxylic acids is 2. The lowest BCUT2D eigenvalue weighted by Crippen LogP contribution is -2.59. The van der Waals surface area contributed by atoms with Crippen molar-refractivity contribution in [1.82, 2.24) is 20.4 Å². The van der Waals surface area contributed by atoms with Gasteiger partial charge in [0.05, 0.1) is 25.9 Å². The molecule has 10 heteroatoms. The predicted octanol–water partition coefficient (Wildman–Crippen LogP) is 3.18. The molecular formula is C28H46N6O4. The Hall–Kier alpha value is -2.38. The molecule has 0 aromatic rings. The number of aliphatic imine (C=N–C) groups is 1. The van der Waals surface area contributed by atoms with Gasteiger partial charge in [0.25, 0.3) is 0 Å². The molecule has 38 heavy (non-hydrogen) atoms. The Morgan fingerprint density at radius 1 is 1.08 bits per heavy atom. The van der Waals surface area contributed by atoms with Gasteiger partial charge < -0.3 is 25.0 Å². The first kappa shape index (κ1) is 28.6. The van der Waals surface area contributed by atoms with E-state index in [0.717, 1.165) is 19.4 Å². The van der Waals surface area contributed by atoms with Gasteiger partial charge in [0, 0.05) is 32.2 Å². The Kier molecular flexibility index (Phi) is 10.6. The molecule has 0 aromatic carbocycles. The highest BCUT2D eigenvalue weighted by molar-refractivity contribution is 5.94. The Morgan fingerprint density at radius 2 is 1.76 bits per heavy atom. The first-order valence-corrected chi connectivity index (χ1v) is 14.8. The lowest BCUT2D eigenvalue weighted by molar-refractivity contribution is -0.124. The van der Waals surface area contributed by atoms with Crippen molar-refractivity contribution in [2.75, 3.05) is 46.0 Å². The molecule has 4 aliphatic rings. The number of nitrogens with one attached hydrogen (secondary N) is 2. The van der Waals surface area contributed by atoms with Crippen LogP contribution in [0.2, 0.25) is 0 Å². The minimum absolute atomic E-state index is 0.188. The van der Waals surface area contributed by atoms with E-state index in [1.807, 2.05) is 4.90 Å². The zero-order valence-corrected chi connectivity index (χ0v) is 23.1. The maximum Gasteiger partial charge on any atom is 0.436 e. The summed E-state index contributed by atoms with van der Waals surface area (Å²) in [5, 5.41) is 16.7. The number of carbonyl (C=O) groups is 2. The summed E-state index contributed by atoms with van der Waals surface area (Å²) in [5.74, 6) is 0.581. The molecule has 0 spiro atoms. The van der Waals surface area contributed by atoms with E-state index in [4.69, 9.17) is 9.47 Å². The molecular weight excluding hydrogens is 484 g/mol. The van der Waals surface area contributed by atoms with Crippen LogP contribution in [0.15, 0.2) is 4.99 Å². The normalized spacial score (nSPS) is 26.9. The molecule has 4 fully saturated rings. The number of ether oxygens (including phenoxy) is 2. The summed E-state index contributed by atoms with van der Waals surface area (Å²) in [7, 11) is 0. The molecule has 0 radical (unpaired) electrons. The molecule has 2 heterocycles. The molecule has 2 aliphatic heterocycles. The Bertz CT molecular complexity index is 858. The van der Waals surface area contributed by atoms with Crippen LogP contribution in [0, 0.1) is 17.2 Å². The van der Waals surface area contributed by atoms with Gasteiger partial charge in [0.15, 0.2) is 0 Å². The van der Waals surface area contributed by atoms with Gasteiger partial charge in [0.1, 0.15) is 11.6 Å². The van der Waals surface area contributed by atoms with Crippen molar-refractivity contribution in [2.45, 2.75) is 102 Å². The first-order valence-electron chi connectivity index (χ1n) is 14.8. The summed E-state index contributed by atoms with van der Waals surface area (Å²) >= 11 is 0. The summed E-state index contributed by atoms with van der Waals surface area (Å²) in [6.07, 6.45) is 12.5. The van der Waals surface area contributed by atoms with Crippen molar-refractivity contribution < 1.29 is 19.1 Å². The molecule has 2 amide bonds. The van der Waals surface area contributed by atoms with Crippen LogP contribution in [-0.4, -0.2) is 91.4 Å². The predicted molar refractivity (Wildman–Crippen MR) is 145 cm³/mol. The number of nitriles is 1. The van der Waals surface area contributed by atoms with E-state index in [0.29, 0.717) is 63.6 Å². The summed E-state index contributed by atoms with van der Waals surface area (Å²) in [6.45, 7) is 5.57. The highest BCUT2D eigenvalue weighted by Gasteiger charge is 2.43. The van der Waals surface area contributed by atoms with E-state index in [1.54, 1.807) is 6.92 Å². The van der Waals surface area contributed by atoms with E-state index in [-0.39, 0.29) is 12.5 Å². The summed E-state index contributed by atoms with van der Waals surface area (Å²) in [6, 6.07) is 2.39. The second-order valence-corrected chi connectivity index (χ2v) is 11.4. The van der Waals surface area contributed by atoms with Gasteiger partial charge in [-0.15, -0.1) is 4.99 Å². The smallest absolute Gasteiger partial charge is 0.436 e. The van der Waals surface area contributed by atoms with Crippen LogP contribution in [0.1, 0.15) is 84.0 Å². The van der Waals surface area contributed by atoms with Crippen LogP contribution in [-0.2, 0) is 14.3 Å². The van der Waals surface area contributed by atoms with Gasteiger partial charge in [-0.3, -0.25) is 9.69 Å². The fourth-order valence-electron chi connectivity index (χ4n) is 6.50. The molecule has 2 saturated carbocycles. The summed E-state index contributed by atoms with van der Waals surface area (Å²) in [4.78, 5) is 34.8. The van der Waals surface area contributed by atoms with E-state index in [2.05, 4.69) is 26.6 Å². The SMILES string of the molecule is CCOC(=O)/N=C(\NC(CC1CCCCC1)C(=O)NC1(C#N)CCN(C2CCCCC2)C1)N1CCOCC1. The minimum Gasteiger partial charge on any atom is -0.448 e. The van der Waals surface area contributed by atoms with Gasteiger partial charge in [-0.05, 0) is 38.5 Å². The lowest BCUT2D eigenvalue weighted by Gasteiger charge is -2.35. The molecule has 4 rings (SSSR count). The Morgan fingerprint density at radius 3 is 2.42 bits per heavy atom. The highest BCUT2D eigenvalue weighted by Crippen LogP contribution is 2.31. The number of morpholine rings is 1. The average molecular weight is 531 g/mol. The van der Waals surface area contributed by atoms with E-state index < -0.39 is 17.7 Å². The molecule has 2 aliphatic carbocycles. The van der Waals surface area contributed by atoms with Crippen LogP contribution in [0.25, 0.3) is 0 Å². The Balaban J connectivity index is 1.50. The molecule has 2 N–H and O–H groups in total. The van der Waals surface area contributed by atoms with Gasteiger partial charge in [0.2, 0.25) is 11.9 Å². The van der Waals surface area contributed by atoms with Gasteiger partial charge in [-0.1, -0.05) is 51.4 Å². The minimum atomic E-state index is -0.890. The second-order valence-electron chi connectivity index (χ2n) is 11.4. The second kappa shape index (κ2) is 14.1. The maximum atomic E-state index is 13.9. The number of hydrogen-bond donors (Lipinski definition) is 2. The standard InChI is InChI=1S/C28H46N6O4/c1-2-38-27(36)31-26(33-15-17-37-18-16-33)30-24(19-22-9-5-3-6-10-22)25(35)32-28(20-29)13-14-34(21-28)23-11-7-4-8-12-23/h22-24H,2-19,21H2,1H3,(H,32,35)(H,30,31,36). The summed E-state index contributed by atoms with van der Waals surface area (Å²) < 4.78 is 10.6. The molecule has 2 unspecified atom stereocenters. The third-order valence-electron chi connectivity index (χ3n) is 8.66. The lowest BCUT2D eigenvalue weighted by atomic mass is 9.84. The van der Waals surface area contributed by atoms with Crippen molar-refractivity contribution in [3.8, 4) is 6.07 Å². The van der Waals surface area contributed by atoms with Crippen LogP contribution in [0.5, 0.6) is 0 Å². The van der Waals surface area contributed by atoms with Gasteiger partial charge in [-0.25, -0.2) is 4.79 Å². The Labute approximate surface area is 227 Å². The fraction of sp³-hybridized carbons (Fsp3) is 0.857. The molecule has 2 atom stereocenters. The van der Waals surface area contributed by atoms with Crippen molar-refractivity contribution in [2.24, 2.45) is 10.9 Å². The van der Waals surface area contributed by atoms with Crippen LogP contribution in [0.3, 0.4) is 0 Å². The van der Waals surface area contributed by atoms with Gasteiger partial charge in [-0.2, -0.15) is 5.26 Å². The largest absolute Gasteiger partial charge is 0.448 e. The maximum absolute atomic E-state index is 13.9. The zero-order valence-electron chi connectivity index (χ0n) is 23.1. The van der Waals surface area contributed by atoms with Crippen molar-refractivity contribution >= 4 is 18.0 Å². The fourth-order valence-corrected chi connectivity index (χ4v) is 6.50. The molecule has 0 bridgehead atoms. The van der Waals surface area contributed by atoms with E-state index >= 15 is 0 Å². The number of hydrogen-bond acceptors (Lipinski definition) is 6. The number of rotatable bonds is 7. The van der Waals surface area contributed by atoms with Crippen LogP contribution >= 0.6 is 0 Å². The van der Waals surface area contributed by atoms with E-state index in [9.17, 15) is 14.9 Å². The number of likely N-dealkylation sites (tertiary alicyclic amines) is 1. The topological polar surface area (TPSA) is 119 Å². The van der Waals surface area contributed by atoms with E-state index in [1.165, 1.54) is 51.4 Å². The van der Waals surface area contributed by atoms with Gasteiger partial charge >= 0.3 is 6.09 Å². The quantitative estimate of drug-likeness (QED) is 0.381. The molecule has 10 nitrogen and oxygen atoms in total. The third kappa shape index (κ3) is 7.82. The number of nitrogens with zero attached hydrogens (tertiary/aromatic N) is 4.